The van der Waals surface area contributed by atoms with Crippen LogP contribution in [-0.2, 0) is 51.8 Å². The number of hydrogen-bond donors (Lipinski definition) is 1. The maximum absolute atomic E-state index is 11.9. The zero-order valence-electron chi connectivity index (χ0n) is 33.0. The monoisotopic (exact) mass is 908 g/mol. The fourth-order valence-electron chi connectivity index (χ4n) is 6.22. The van der Waals surface area contributed by atoms with E-state index in [0.29, 0.717) is 31.0 Å². The van der Waals surface area contributed by atoms with E-state index < -0.39 is 19.7 Å². The number of carbonyl (C=O) groups excluding carboxylic acids is 2. The predicted molar refractivity (Wildman–Crippen MR) is 232 cm³/mol. The van der Waals surface area contributed by atoms with Gasteiger partial charge in [0.05, 0.1) is 45.8 Å². The molecule has 305 valence electrons. The predicted octanol–water partition coefficient (Wildman–Crippen LogP) is 6.96. The quantitative estimate of drug-likeness (QED) is 0.0891. The van der Waals surface area contributed by atoms with Crippen LogP contribution < -0.4 is 0 Å². The molecular weight excluding hydrogens is 865 g/mol. The summed E-state index contributed by atoms with van der Waals surface area (Å²) in [6.45, 7) is 8.06. The molecule has 0 spiro atoms. The standard InChI is InChI=1S/C20H21BrN2O4S.C20H22N2O4S.BHNS/c1-4-27-20(24)12-23-19(8-13(2)22-23)15-10-17(18(21)11-15)14-6-5-7-16(9-14)28(3,25)26;1-4-26-20(23)13-22-19(10-14(2)21-22)17-9-8-16(11-17)15-6-5-7-18(12-15)27(3,24)25;1-2-3/h5-9,11H,4,10,12H2,1-3H3;5-10,12H,4,11,13H2,1-3H3;3H. The summed E-state index contributed by atoms with van der Waals surface area (Å²) in [7, 11) is -2.20. The number of allylic oxidation sites excluding steroid dienone is 8. The van der Waals surface area contributed by atoms with Crippen molar-refractivity contribution in [1.82, 2.24) is 19.6 Å². The van der Waals surface area contributed by atoms with E-state index in [0.717, 1.165) is 60.7 Å². The average molecular weight is 910 g/mol. The van der Waals surface area contributed by atoms with Gasteiger partial charge >= 0.3 is 36.7 Å². The van der Waals surface area contributed by atoms with Crippen LogP contribution in [0.5, 0.6) is 0 Å². The Morgan fingerprint density at radius 3 is 1.69 bits per heavy atom. The van der Waals surface area contributed by atoms with Gasteiger partial charge in [0.25, 0.3) is 0 Å². The Hall–Kier alpha value is -4.65. The normalized spacial score (nSPS) is 13.7. The summed E-state index contributed by atoms with van der Waals surface area (Å²) in [4.78, 5) is 24.3. The van der Waals surface area contributed by atoms with Gasteiger partial charge in [0.1, 0.15) is 13.1 Å². The molecule has 6 rings (SSSR count). The van der Waals surface area contributed by atoms with E-state index in [-0.39, 0.29) is 29.9 Å². The zero-order valence-corrected chi connectivity index (χ0v) is 37.1. The first-order valence-electron chi connectivity index (χ1n) is 17.9. The van der Waals surface area contributed by atoms with Crippen molar-refractivity contribution in [1.29, 1.82) is 0 Å². The van der Waals surface area contributed by atoms with Crippen LogP contribution in [0, 0.1) is 13.8 Å². The number of hydrogen-bond acceptors (Lipinski definition) is 12. The number of benzene rings is 2. The third-order valence-electron chi connectivity index (χ3n) is 8.70. The summed E-state index contributed by atoms with van der Waals surface area (Å²) in [5, 5.41) is 8.80. The molecule has 2 aromatic carbocycles. The first-order valence-corrected chi connectivity index (χ1v) is 22.9. The van der Waals surface area contributed by atoms with Gasteiger partial charge in [-0.1, -0.05) is 52.3 Å². The molecular formula is C40H44BBrN5O8S3. The second kappa shape index (κ2) is 20.4. The van der Waals surface area contributed by atoms with Gasteiger partial charge in [-0.3, -0.25) is 19.0 Å². The summed E-state index contributed by atoms with van der Waals surface area (Å²) in [6.07, 6.45) is 9.60. The van der Waals surface area contributed by atoms with Crippen molar-refractivity contribution >= 4 is 90.3 Å². The zero-order chi connectivity index (χ0) is 42.8. The van der Waals surface area contributed by atoms with Gasteiger partial charge in [0.2, 0.25) is 0 Å². The van der Waals surface area contributed by atoms with Gasteiger partial charge in [-0.25, -0.2) is 16.8 Å². The summed E-state index contributed by atoms with van der Waals surface area (Å²) in [5.41, 5.74) is 9.09. The molecule has 58 heavy (non-hydrogen) atoms. The number of carbonyl (C=O) groups is 2. The van der Waals surface area contributed by atoms with Gasteiger partial charge in [0.15, 0.2) is 19.7 Å². The van der Waals surface area contributed by atoms with E-state index in [1.54, 1.807) is 59.6 Å². The number of halogens is 1. The molecule has 0 bridgehead atoms. The second-order valence-corrected chi connectivity index (χ2v) is 18.3. The molecule has 0 aliphatic heterocycles. The van der Waals surface area contributed by atoms with Crippen LogP contribution in [-0.4, -0.2) is 81.7 Å². The summed E-state index contributed by atoms with van der Waals surface area (Å²) in [6, 6.07) is 17.7. The Kier molecular flexibility index (Phi) is 16.2. The van der Waals surface area contributed by atoms with Crippen LogP contribution >= 0.6 is 28.7 Å². The number of sulfone groups is 2. The molecule has 0 saturated carbocycles. The number of aromatic nitrogens is 4. The topological polar surface area (TPSA) is 169 Å². The molecule has 0 N–H and O–H groups in total. The minimum atomic E-state index is -3.28. The van der Waals surface area contributed by atoms with Crippen LogP contribution in [0.4, 0.5) is 0 Å². The number of nitrogens with zero attached hydrogens (tertiary/aromatic N) is 5. The number of thiol groups is 1. The Morgan fingerprint density at radius 1 is 0.759 bits per heavy atom. The molecule has 2 aliphatic carbocycles. The minimum absolute atomic E-state index is 0.0465. The van der Waals surface area contributed by atoms with Crippen molar-refractivity contribution in [3.63, 3.8) is 0 Å². The first-order chi connectivity index (χ1) is 27.4. The number of ether oxygens (including phenoxy) is 2. The third-order valence-corrected chi connectivity index (χ3v) is 11.6. The SMILES string of the molecule is CCOC(=O)Cn1nc(C)cc1C1=CC(Br)=C(c2cccc(S(C)(=O)=O)c2)C1.CCOC(=O)Cn1nc(C)cc1C1=CC=C(c2cccc(S(C)(=O)=O)c2)C1.[B]=NS. The molecule has 2 aliphatic rings. The van der Waals surface area contributed by atoms with Crippen molar-refractivity contribution in [3.8, 4) is 0 Å². The summed E-state index contributed by atoms with van der Waals surface area (Å²) < 4.78 is 64.3. The van der Waals surface area contributed by atoms with Gasteiger partial charge in [-0.05, 0) is 104 Å². The van der Waals surface area contributed by atoms with E-state index in [1.807, 2.05) is 56.3 Å². The third kappa shape index (κ3) is 12.4. The molecule has 0 amide bonds. The van der Waals surface area contributed by atoms with Crippen molar-refractivity contribution < 1.29 is 35.9 Å². The van der Waals surface area contributed by atoms with E-state index in [9.17, 15) is 26.4 Å². The van der Waals surface area contributed by atoms with Crippen LogP contribution in [0.2, 0.25) is 0 Å². The molecule has 2 aromatic heterocycles. The molecule has 1 radical (unpaired) electrons. The van der Waals surface area contributed by atoms with Crippen LogP contribution in [0.3, 0.4) is 0 Å². The molecule has 4 aromatic rings. The number of rotatable bonds is 12. The molecule has 0 atom stereocenters. The average Bonchev–Trinajstić information content (AvgIpc) is 3.95. The molecule has 0 unspecified atom stereocenters. The molecule has 13 nitrogen and oxygen atoms in total. The Balaban J connectivity index is 0.000000241. The maximum atomic E-state index is 11.9. The summed E-state index contributed by atoms with van der Waals surface area (Å²) >= 11 is 6.79. The van der Waals surface area contributed by atoms with E-state index >= 15 is 0 Å². The fourth-order valence-corrected chi connectivity index (χ4v) is 8.20. The van der Waals surface area contributed by atoms with Gasteiger partial charge in [-0.15, -0.1) is 0 Å². The Labute approximate surface area is 354 Å². The molecule has 0 saturated heterocycles. The van der Waals surface area contributed by atoms with Crippen molar-refractivity contribution in [2.24, 2.45) is 4.30 Å². The van der Waals surface area contributed by atoms with Gasteiger partial charge in [-0.2, -0.15) is 10.2 Å². The molecule has 2 heterocycles. The fraction of sp³-hybridized carbons (Fsp3) is 0.300. The van der Waals surface area contributed by atoms with Crippen molar-refractivity contribution in [2.75, 3.05) is 25.7 Å². The Bertz CT molecular complexity index is 2560. The van der Waals surface area contributed by atoms with Crippen LogP contribution in [0.1, 0.15) is 60.6 Å². The van der Waals surface area contributed by atoms with E-state index in [1.165, 1.54) is 12.5 Å². The number of esters is 2. The van der Waals surface area contributed by atoms with Gasteiger partial charge < -0.3 is 9.47 Å². The van der Waals surface area contributed by atoms with Crippen molar-refractivity contribution in [2.45, 2.75) is 63.4 Å². The second-order valence-electron chi connectivity index (χ2n) is 13.2. The van der Waals surface area contributed by atoms with Gasteiger partial charge in [0, 0.05) is 29.8 Å². The Morgan fingerprint density at radius 2 is 1.21 bits per heavy atom. The molecule has 18 heteroatoms. The van der Waals surface area contributed by atoms with E-state index in [4.69, 9.17) is 9.47 Å². The van der Waals surface area contributed by atoms with Crippen LogP contribution in [0.25, 0.3) is 22.3 Å². The van der Waals surface area contributed by atoms with E-state index in [2.05, 4.69) is 50.9 Å². The first kappa shape index (κ1) is 46.0. The summed E-state index contributed by atoms with van der Waals surface area (Å²) in [5.74, 6) is -0.659. The van der Waals surface area contributed by atoms with Crippen LogP contribution in [0.15, 0.2) is 97.5 Å². The number of aryl methyl sites for hydroxylation is 2. The van der Waals surface area contributed by atoms with Crippen molar-refractivity contribution in [3.05, 3.63) is 117 Å². The molecule has 0 fully saturated rings.